The predicted molar refractivity (Wildman–Crippen MR) is 218 cm³/mol. The third-order valence-electron chi connectivity index (χ3n) is 12.1. The molecule has 0 radical (unpaired) electrons. The third-order valence-corrected chi connectivity index (χ3v) is 17.8. The predicted octanol–water partition coefficient (Wildman–Crippen LogP) is 8.95. The fourth-order valence-electron chi connectivity index (χ4n) is 10.2. The van der Waals surface area contributed by atoms with Crippen molar-refractivity contribution >= 4 is 72.4 Å². The summed E-state index contributed by atoms with van der Waals surface area (Å²) in [5, 5.41) is 11.2. The van der Waals surface area contributed by atoms with Gasteiger partial charge in [-0.05, 0) is 0 Å². The van der Waals surface area contributed by atoms with Crippen molar-refractivity contribution in [1.82, 2.24) is 9.13 Å². The number of nitrogens with zero attached hydrogens (tertiary/aromatic N) is 2. The van der Waals surface area contributed by atoms with Gasteiger partial charge in [0.25, 0.3) is 0 Å². The molecule has 51 heavy (non-hydrogen) atoms. The summed E-state index contributed by atoms with van der Waals surface area (Å²) >= 11 is 0. The molecule has 0 atom stereocenters. The van der Waals surface area contributed by atoms with Crippen LogP contribution in [0.2, 0.25) is 0 Å². The average Bonchev–Trinajstić information content (AvgIpc) is 3.89. The van der Waals surface area contributed by atoms with Gasteiger partial charge in [-0.25, -0.2) is 0 Å². The van der Waals surface area contributed by atoms with Crippen LogP contribution in [0.5, 0.6) is 0 Å². The molecule has 0 N–H and O–H groups in total. The SMILES string of the molecule is c1ccc(-n2c3ccccc3c3cc4c(cc32)c2ccccc2n4-c2ccc3c(c2)[SiH-]2(c4ccccc4-c4ccccc42)c2ccccc2-3)cc1. The Bertz CT molecular complexity index is 3030. The molecular weight excluding hydrogens is 633 g/mol. The van der Waals surface area contributed by atoms with E-state index in [9.17, 15) is 0 Å². The summed E-state index contributed by atoms with van der Waals surface area (Å²) in [6, 6.07) is 68.5. The van der Waals surface area contributed by atoms with Crippen LogP contribution >= 0.6 is 0 Å². The van der Waals surface area contributed by atoms with Crippen molar-refractivity contribution in [2.75, 3.05) is 0 Å². The molecule has 12 rings (SSSR count). The normalized spacial score (nSPS) is 14.3. The summed E-state index contributed by atoms with van der Waals surface area (Å²) in [7, 11) is -3.00. The van der Waals surface area contributed by atoms with Crippen LogP contribution in [-0.4, -0.2) is 17.2 Å². The molecule has 3 heteroatoms. The maximum atomic E-state index is 2.57. The van der Waals surface area contributed by atoms with Crippen LogP contribution in [0.1, 0.15) is 0 Å². The summed E-state index contributed by atoms with van der Waals surface area (Å²) in [6.07, 6.45) is 0. The molecule has 238 valence electrons. The zero-order valence-electron chi connectivity index (χ0n) is 27.8. The first kappa shape index (κ1) is 27.4. The second-order valence-corrected chi connectivity index (χ2v) is 18.5. The van der Waals surface area contributed by atoms with Crippen LogP contribution in [-0.2, 0) is 0 Å². The summed E-state index contributed by atoms with van der Waals surface area (Å²) < 4.78 is 4.95. The molecule has 0 saturated heterocycles. The summed E-state index contributed by atoms with van der Waals surface area (Å²) in [5.74, 6) is 0. The number of aromatic nitrogens is 2. The van der Waals surface area contributed by atoms with Crippen molar-refractivity contribution < 1.29 is 0 Å². The summed E-state index contributed by atoms with van der Waals surface area (Å²) in [5.41, 5.74) is 12.9. The molecule has 8 aromatic carbocycles. The first-order valence-corrected chi connectivity index (χ1v) is 20.2. The van der Waals surface area contributed by atoms with Crippen LogP contribution in [0.15, 0.2) is 182 Å². The standard InChI is InChI=1S/C48H31N2Si/c1-2-14-31(15-3-1)49-41-21-9-4-16-33(41)39-30-44-40(29-43(39)49)34-17-5-10-22-42(34)50(44)32-26-27-38-37-20-8-13-25-47(37)51(48(38)28-32)45-23-11-6-18-35(45)36-19-7-12-24-46(36)51/h1-30,51H/q-1. The van der Waals surface area contributed by atoms with Gasteiger partial charge in [-0.15, -0.1) is 0 Å². The number of para-hydroxylation sites is 3. The second kappa shape index (κ2) is 9.84. The fourth-order valence-corrected chi connectivity index (χ4v) is 16.7. The molecule has 0 unspecified atom stereocenters. The number of fused-ring (bicyclic) bond motifs is 16. The first-order valence-electron chi connectivity index (χ1n) is 17.9. The number of hydrogen-bond donors (Lipinski definition) is 0. The van der Waals surface area contributed by atoms with Crippen molar-refractivity contribution in [3.8, 4) is 33.6 Å². The van der Waals surface area contributed by atoms with Gasteiger partial charge in [0, 0.05) is 0 Å². The molecule has 0 saturated carbocycles. The van der Waals surface area contributed by atoms with E-state index in [4.69, 9.17) is 0 Å². The molecule has 2 aliphatic heterocycles. The Morgan fingerprint density at radius 3 is 1.25 bits per heavy atom. The first-order chi connectivity index (χ1) is 25.3. The van der Waals surface area contributed by atoms with Crippen molar-refractivity contribution in [3.63, 3.8) is 0 Å². The summed E-state index contributed by atoms with van der Waals surface area (Å²) in [4.78, 5) is 0. The Morgan fingerprint density at radius 2 is 0.706 bits per heavy atom. The van der Waals surface area contributed by atoms with Crippen LogP contribution in [0, 0.1) is 0 Å². The Hall–Kier alpha value is -6.42. The zero-order valence-corrected chi connectivity index (χ0v) is 28.9. The van der Waals surface area contributed by atoms with E-state index in [2.05, 4.69) is 191 Å². The van der Waals surface area contributed by atoms with Crippen LogP contribution in [0.3, 0.4) is 0 Å². The molecule has 2 nitrogen and oxygen atoms in total. The van der Waals surface area contributed by atoms with Crippen LogP contribution < -0.4 is 20.7 Å². The van der Waals surface area contributed by atoms with Gasteiger partial charge in [0.15, 0.2) is 0 Å². The molecule has 0 aliphatic carbocycles. The van der Waals surface area contributed by atoms with Crippen molar-refractivity contribution in [3.05, 3.63) is 182 Å². The van der Waals surface area contributed by atoms with E-state index in [-0.39, 0.29) is 0 Å². The second-order valence-electron chi connectivity index (χ2n) is 14.3. The molecular formula is C48H31N2Si-. The third kappa shape index (κ3) is 3.37. The molecule has 0 bridgehead atoms. The maximum absolute atomic E-state index is 3.00. The van der Waals surface area contributed by atoms with Gasteiger partial charge in [-0.2, -0.15) is 0 Å². The Kier molecular flexibility index (Phi) is 5.29. The Labute approximate surface area is 296 Å². The topological polar surface area (TPSA) is 9.86 Å². The monoisotopic (exact) mass is 663 g/mol. The van der Waals surface area contributed by atoms with Gasteiger partial charge in [-0.3, -0.25) is 0 Å². The Morgan fingerprint density at radius 1 is 0.275 bits per heavy atom. The van der Waals surface area contributed by atoms with Crippen molar-refractivity contribution in [1.29, 1.82) is 0 Å². The molecule has 0 fully saturated rings. The molecule has 1 spiro atoms. The van der Waals surface area contributed by atoms with Gasteiger partial charge in [0.1, 0.15) is 0 Å². The molecule has 2 aromatic heterocycles. The summed E-state index contributed by atoms with van der Waals surface area (Å²) in [6.45, 7) is 0. The average molecular weight is 664 g/mol. The quantitative estimate of drug-likeness (QED) is 0.164. The van der Waals surface area contributed by atoms with E-state index in [1.165, 1.54) is 98.0 Å². The Balaban J connectivity index is 1.19. The van der Waals surface area contributed by atoms with Crippen molar-refractivity contribution in [2.24, 2.45) is 0 Å². The van der Waals surface area contributed by atoms with E-state index < -0.39 is 8.07 Å². The molecule has 0 amide bonds. The van der Waals surface area contributed by atoms with Gasteiger partial charge in [0.2, 0.25) is 0 Å². The number of hydrogen-bond acceptors (Lipinski definition) is 0. The van der Waals surface area contributed by atoms with E-state index in [1.807, 2.05) is 0 Å². The fraction of sp³-hybridized carbons (Fsp3) is 0. The minimum atomic E-state index is -3.00. The van der Waals surface area contributed by atoms with Crippen molar-refractivity contribution in [2.45, 2.75) is 0 Å². The van der Waals surface area contributed by atoms with Gasteiger partial charge < -0.3 is 0 Å². The molecule has 2 aliphatic rings. The number of rotatable bonds is 2. The minimum absolute atomic E-state index is 1.18. The number of benzene rings is 8. The molecule has 4 heterocycles. The van der Waals surface area contributed by atoms with Gasteiger partial charge in [-0.1, -0.05) is 6.07 Å². The van der Waals surface area contributed by atoms with Gasteiger partial charge >= 0.3 is 291 Å². The van der Waals surface area contributed by atoms with E-state index in [0.717, 1.165) is 0 Å². The van der Waals surface area contributed by atoms with E-state index in [1.54, 1.807) is 0 Å². The molecule has 10 aromatic rings. The zero-order chi connectivity index (χ0) is 33.3. The van der Waals surface area contributed by atoms with E-state index in [0.29, 0.717) is 0 Å². The van der Waals surface area contributed by atoms with Crippen LogP contribution in [0.25, 0.3) is 77.2 Å². The van der Waals surface area contributed by atoms with E-state index >= 15 is 0 Å². The van der Waals surface area contributed by atoms with Gasteiger partial charge in [0.05, 0.1) is 0 Å². The van der Waals surface area contributed by atoms with Crippen LogP contribution in [0.4, 0.5) is 0 Å².